The Balaban J connectivity index is 2.32. The second-order valence-electron chi connectivity index (χ2n) is 4.32. The van der Waals surface area contributed by atoms with Crippen LogP contribution >= 0.6 is 0 Å². The molecular weight excluding hydrogens is 198 g/mol. The number of nitrogens with two attached hydrogens (primary N) is 1. The summed E-state index contributed by atoms with van der Waals surface area (Å²) in [6, 6.07) is 10.8. The van der Waals surface area contributed by atoms with Crippen molar-refractivity contribution in [2.45, 2.75) is 13.0 Å². The molecule has 2 unspecified atom stereocenters. The minimum absolute atomic E-state index is 0.335. The average Bonchev–Trinajstić information content (AvgIpc) is 2.72. The molecule has 2 rings (SSSR count). The maximum absolute atomic E-state index is 5.76. The van der Waals surface area contributed by atoms with Crippen molar-refractivity contribution in [1.82, 2.24) is 0 Å². The molecule has 0 saturated heterocycles. The topological polar surface area (TPSA) is 38.4 Å². The molecule has 0 saturated carbocycles. The number of aliphatic imine (C=N–C) groups is 1. The molecule has 1 aromatic rings. The van der Waals surface area contributed by atoms with Gasteiger partial charge < -0.3 is 5.73 Å². The predicted octanol–water partition coefficient (Wildman–Crippen LogP) is 2.04. The average molecular weight is 216 g/mol. The number of hydrogen-bond donors (Lipinski definition) is 1. The highest BCUT2D eigenvalue weighted by Gasteiger charge is 2.35. The van der Waals surface area contributed by atoms with Crippen LogP contribution in [0, 0.1) is 0 Å². The molecule has 0 radical (unpaired) electrons. The van der Waals surface area contributed by atoms with Crippen LogP contribution in [-0.2, 0) is 0 Å². The van der Waals surface area contributed by atoms with Crippen LogP contribution in [0.4, 0.5) is 0 Å². The summed E-state index contributed by atoms with van der Waals surface area (Å²) in [4.78, 5) is 4.24. The Labute approximate surface area is 96.5 Å². The van der Waals surface area contributed by atoms with E-state index in [0.717, 1.165) is 5.70 Å². The summed E-state index contributed by atoms with van der Waals surface area (Å²) in [7, 11) is 2.15. The van der Waals surface area contributed by atoms with Gasteiger partial charge in [-0.1, -0.05) is 30.3 Å². The van der Waals surface area contributed by atoms with E-state index >= 15 is 0 Å². The first kappa shape index (κ1) is 11.0. The van der Waals surface area contributed by atoms with Crippen LogP contribution in [0.3, 0.4) is 0 Å². The first-order valence-electron chi connectivity index (χ1n) is 5.53. The molecule has 0 aromatic heterocycles. The van der Waals surface area contributed by atoms with E-state index in [1.807, 2.05) is 18.6 Å². The van der Waals surface area contributed by atoms with Crippen molar-refractivity contribution in [1.29, 1.82) is 0 Å². The van der Waals surface area contributed by atoms with Crippen molar-refractivity contribution in [3.05, 3.63) is 47.8 Å². The van der Waals surface area contributed by atoms with E-state index in [9.17, 15) is 0 Å². The molecule has 16 heavy (non-hydrogen) atoms. The molecule has 0 fully saturated rings. The van der Waals surface area contributed by atoms with Crippen LogP contribution in [0.25, 0.3) is 0 Å². The van der Waals surface area contributed by atoms with Gasteiger partial charge in [-0.15, -0.1) is 0 Å². The summed E-state index contributed by atoms with van der Waals surface area (Å²) >= 11 is 0. The fourth-order valence-corrected chi connectivity index (χ4v) is 2.10. The normalized spacial score (nSPS) is 25.6. The van der Waals surface area contributed by atoms with E-state index < -0.39 is 0 Å². The van der Waals surface area contributed by atoms with E-state index in [1.165, 1.54) is 5.56 Å². The largest absolute Gasteiger partial charge is 0.322 e. The van der Waals surface area contributed by atoms with E-state index in [1.54, 1.807) is 0 Å². The van der Waals surface area contributed by atoms with Gasteiger partial charge in [-0.3, -0.25) is 0 Å². The standard InChI is InChI=1S/C13H18N3/c1-11(12-6-4-3-5-7-12)16(2)10-15-9-13(16)8-14/h3-7,9-11H,8,14H2,1-2H3/q+1. The lowest BCUT2D eigenvalue weighted by Crippen LogP contribution is -2.44. The molecule has 2 atom stereocenters. The highest BCUT2D eigenvalue weighted by molar-refractivity contribution is 5.53. The fourth-order valence-electron chi connectivity index (χ4n) is 2.10. The molecule has 0 amide bonds. The van der Waals surface area contributed by atoms with Gasteiger partial charge in [-0.05, 0) is 6.92 Å². The smallest absolute Gasteiger partial charge is 0.195 e. The van der Waals surface area contributed by atoms with Gasteiger partial charge in [0.2, 0.25) is 0 Å². The number of rotatable bonds is 3. The minimum atomic E-state index is 0.335. The summed E-state index contributed by atoms with van der Waals surface area (Å²) in [6.07, 6.45) is 3.83. The molecular formula is C13H18N3+. The van der Waals surface area contributed by atoms with Gasteiger partial charge in [0, 0.05) is 5.56 Å². The van der Waals surface area contributed by atoms with Crippen molar-refractivity contribution in [2.24, 2.45) is 10.7 Å². The first-order chi connectivity index (χ1) is 7.68. The molecule has 1 heterocycles. The van der Waals surface area contributed by atoms with Crippen LogP contribution in [0.2, 0.25) is 0 Å². The highest BCUT2D eigenvalue weighted by atomic mass is 15.4. The van der Waals surface area contributed by atoms with E-state index in [-0.39, 0.29) is 0 Å². The number of benzene rings is 1. The second kappa shape index (κ2) is 4.20. The zero-order valence-electron chi connectivity index (χ0n) is 9.80. The summed E-state index contributed by atoms with van der Waals surface area (Å²) in [5, 5.41) is 0. The Morgan fingerprint density at radius 3 is 2.62 bits per heavy atom. The number of likely N-dealkylation sites (N-methyl/N-ethyl adjacent to an activating group) is 1. The quantitative estimate of drug-likeness (QED) is 0.771. The molecule has 0 aliphatic carbocycles. The summed E-state index contributed by atoms with van der Waals surface area (Å²) in [5.41, 5.74) is 8.21. The molecule has 0 spiro atoms. The van der Waals surface area contributed by atoms with Crippen LogP contribution in [0.5, 0.6) is 0 Å². The second-order valence-corrected chi connectivity index (χ2v) is 4.32. The van der Waals surface area contributed by atoms with Crippen molar-refractivity contribution in [3.63, 3.8) is 0 Å². The lowest BCUT2D eigenvalue weighted by atomic mass is 10.1. The Morgan fingerprint density at radius 2 is 2.00 bits per heavy atom. The third-order valence-electron chi connectivity index (χ3n) is 3.44. The zero-order chi connectivity index (χ0) is 11.6. The van der Waals surface area contributed by atoms with Crippen molar-refractivity contribution in [2.75, 3.05) is 13.6 Å². The summed E-state index contributed by atoms with van der Waals surface area (Å²) in [6.45, 7) is 2.75. The lowest BCUT2D eigenvalue weighted by Gasteiger charge is -2.34. The van der Waals surface area contributed by atoms with Gasteiger partial charge >= 0.3 is 0 Å². The fraction of sp³-hybridized carbons (Fsp3) is 0.308. The number of nitrogens with zero attached hydrogens (tertiary/aromatic N) is 2. The van der Waals surface area contributed by atoms with Crippen molar-refractivity contribution >= 4 is 6.34 Å². The molecule has 3 heteroatoms. The van der Waals surface area contributed by atoms with Gasteiger partial charge in [0.15, 0.2) is 6.34 Å². The van der Waals surface area contributed by atoms with Gasteiger partial charge in [0.25, 0.3) is 0 Å². The lowest BCUT2D eigenvalue weighted by molar-refractivity contribution is -0.804. The Bertz CT molecular complexity index is 422. The van der Waals surface area contributed by atoms with Gasteiger partial charge in [-0.25, -0.2) is 9.48 Å². The van der Waals surface area contributed by atoms with Crippen LogP contribution < -0.4 is 5.73 Å². The Morgan fingerprint density at radius 1 is 1.31 bits per heavy atom. The van der Waals surface area contributed by atoms with Crippen molar-refractivity contribution in [3.8, 4) is 0 Å². The third-order valence-corrected chi connectivity index (χ3v) is 3.44. The third kappa shape index (κ3) is 1.68. The molecule has 1 aliphatic rings. The van der Waals surface area contributed by atoms with Crippen molar-refractivity contribution < 1.29 is 4.48 Å². The zero-order valence-corrected chi connectivity index (χ0v) is 9.80. The number of quaternary nitrogens is 1. The van der Waals surface area contributed by atoms with E-state index in [2.05, 4.69) is 43.2 Å². The molecule has 3 nitrogen and oxygen atoms in total. The van der Waals surface area contributed by atoms with Crippen LogP contribution in [0.15, 0.2) is 47.2 Å². The van der Waals surface area contributed by atoms with E-state index in [0.29, 0.717) is 17.1 Å². The summed E-state index contributed by atoms with van der Waals surface area (Å²) < 4.78 is 0.681. The molecule has 0 bridgehead atoms. The molecule has 1 aromatic carbocycles. The van der Waals surface area contributed by atoms with Crippen LogP contribution in [-0.4, -0.2) is 24.4 Å². The Kier molecular flexibility index (Phi) is 2.90. The number of hydrogen-bond acceptors (Lipinski definition) is 2. The molecule has 2 N–H and O–H groups in total. The minimum Gasteiger partial charge on any atom is -0.322 e. The predicted molar refractivity (Wildman–Crippen MR) is 66.7 cm³/mol. The maximum atomic E-state index is 5.76. The first-order valence-corrected chi connectivity index (χ1v) is 5.53. The molecule has 84 valence electrons. The summed E-state index contributed by atoms with van der Waals surface area (Å²) in [5.74, 6) is 0. The maximum Gasteiger partial charge on any atom is 0.195 e. The van der Waals surface area contributed by atoms with Crippen LogP contribution in [0.1, 0.15) is 18.5 Å². The monoisotopic (exact) mass is 216 g/mol. The van der Waals surface area contributed by atoms with Gasteiger partial charge in [-0.2, -0.15) is 0 Å². The highest BCUT2D eigenvalue weighted by Crippen LogP contribution is 2.31. The van der Waals surface area contributed by atoms with Gasteiger partial charge in [0.1, 0.15) is 11.7 Å². The SMILES string of the molecule is CC(c1ccccc1)[N+]1(C)C=NC=C1CN. The Hall–Kier alpha value is -1.45. The van der Waals surface area contributed by atoms with Gasteiger partial charge in [0.05, 0.1) is 19.8 Å². The van der Waals surface area contributed by atoms with E-state index in [4.69, 9.17) is 5.73 Å². The molecule has 1 aliphatic heterocycles.